The van der Waals surface area contributed by atoms with Crippen LogP contribution in [-0.2, 0) is 9.13 Å². The molecule has 0 aromatic rings. The Labute approximate surface area is 196 Å². The standard InChI is InChI=1S/C6H16O6P2.4Na/c1-2-3-4-5-6(13(7,8)9)14(10,11)12;;;;/h6H,2-5H2,1H3,(H2,7,8,9)(H2,10,11,12);;;;/q;4*+1/p-4. The van der Waals surface area contributed by atoms with Crippen LogP contribution in [0.4, 0.5) is 0 Å². The fraction of sp³-hybridized carbons (Fsp3) is 1.00. The topological polar surface area (TPSA) is 126 Å². The van der Waals surface area contributed by atoms with Crippen molar-refractivity contribution in [3.63, 3.8) is 0 Å². The molecule has 0 heterocycles. The maximum absolute atomic E-state index is 10.5. The third kappa shape index (κ3) is 16.7. The Bertz CT molecular complexity index is 245. The molecule has 0 amide bonds. The van der Waals surface area contributed by atoms with Crippen LogP contribution < -0.4 is 138 Å². The predicted octanol–water partition coefficient (Wildman–Crippen LogP) is -13.3. The van der Waals surface area contributed by atoms with Crippen LogP contribution in [0.3, 0.4) is 0 Å². The molecule has 0 atom stereocenters. The van der Waals surface area contributed by atoms with Gasteiger partial charge in [0.1, 0.15) is 0 Å². The minimum Gasteiger partial charge on any atom is -0.810 e. The molecule has 0 fully saturated rings. The molecule has 18 heavy (non-hydrogen) atoms. The first-order chi connectivity index (χ1) is 6.19. The molecule has 0 rings (SSSR count). The average molecular weight is 334 g/mol. The maximum atomic E-state index is 10.5. The van der Waals surface area contributed by atoms with Gasteiger partial charge in [-0.05, 0) is 6.42 Å². The summed E-state index contributed by atoms with van der Waals surface area (Å²) in [5, 5.41) is -2.28. The first-order valence-electron chi connectivity index (χ1n) is 4.23. The molecule has 0 saturated heterocycles. The van der Waals surface area contributed by atoms with Gasteiger partial charge in [0.2, 0.25) is 0 Å². The van der Waals surface area contributed by atoms with Crippen molar-refractivity contribution in [2.45, 2.75) is 38.0 Å². The Kier molecular flexibility index (Phi) is 30.4. The normalized spacial score (nSPS) is 10.6. The second kappa shape index (κ2) is 16.2. The number of hydrogen-bond donors (Lipinski definition) is 0. The van der Waals surface area contributed by atoms with E-state index in [-0.39, 0.29) is 131 Å². The van der Waals surface area contributed by atoms with E-state index >= 15 is 0 Å². The molecule has 0 spiro atoms. The molecule has 6 nitrogen and oxygen atoms in total. The van der Waals surface area contributed by atoms with E-state index in [4.69, 9.17) is 0 Å². The van der Waals surface area contributed by atoms with Crippen LogP contribution in [0.25, 0.3) is 0 Å². The van der Waals surface area contributed by atoms with E-state index in [1.807, 2.05) is 6.92 Å². The van der Waals surface area contributed by atoms with E-state index in [1.165, 1.54) is 0 Å². The third-order valence-corrected chi connectivity index (χ3v) is 5.47. The van der Waals surface area contributed by atoms with E-state index in [0.29, 0.717) is 6.42 Å². The SMILES string of the molecule is CCCCCC(P(=O)([O-])[O-])P(=O)([O-])[O-].[Na+].[Na+].[Na+].[Na+]. The zero-order valence-electron chi connectivity index (χ0n) is 11.7. The van der Waals surface area contributed by atoms with Crippen molar-refractivity contribution in [2.24, 2.45) is 0 Å². The molecule has 0 radical (unpaired) electrons. The number of hydrogen-bond acceptors (Lipinski definition) is 6. The van der Waals surface area contributed by atoms with Crippen molar-refractivity contribution in [3.05, 3.63) is 0 Å². The summed E-state index contributed by atoms with van der Waals surface area (Å²) in [7, 11) is -10.7. The second-order valence-electron chi connectivity index (χ2n) is 3.06. The summed E-state index contributed by atoms with van der Waals surface area (Å²) < 4.78 is 20.9. The summed E-state index contributed by atoms with van der Waals surface area (Å²) in [5.41, 5.74) is 0. The first kappa shape index (κ1) is 33.8. The summed E-state index contributed by atoms with van der Waals surface area (Å²) >= 11 is 0. The Hall–Kier alpha value is 4.30. The average Bonchev–Trinajstić information content (AvgIpc) is 1.92. The second-order valence-corrected chi connectivity index (χ2v) is 6.87. The van der Waals surface area contributed by atoms with Gasteiger partial charge in [0.15, 0.2) is 0 Å². The fourth-order valence-electron chi connectivity index (χ4n) is 1.07. The Morgan fingerprint density at radius 1 is 0.833 bits per heavy atom. The number of rotatable bonds is 6. The zero-order valence-corrected chi connectivity index (χ0v) is 21.5. The van der Waals surface area contributed by atoms with Crippen molar-refractivity contribution < 1.29 is 147 Å². The maximum Gasteiger partial charge on any atom is 1.00 e. The van der Waals surface area contributed by atoms with Crippen molar-refractivity contribution in [1.29, 1.82) is 0 Å². The zero-order chi connectivity index (χ0) is 11.4. The van der Waals surface area contributed by atoms with E-state index in [9.17, 15) is 28.7 Å². The van der Waals surface area contributed by atoms with E-state index in [2.05, 4.69) is 0 Å². The van der Waals surface area contributed by atoms with Crippen LogP contribution in [-0.4, -0.2) is 5.40 Å². The summed E-state index contributed by atoms with van der Waals surface area (Å²) in [6, 6.07) is 0. The van der Waals surface area contributed by atoms with E-state index in [1.54, 1.807) is 0 Å². The molecule has 0 aromatic carbocycles. The summed E-state index contributed by atoms with van der Waals surface area (Å²) in [6.45, 7) is 1.83. The fourth-order valence-corrected chi connectivity index (χ4v) is 3.45. The summed E-state index contributed by atoms with van der Waals surface area (Å²) in [4.78, 5) is 41.9. The van der Waals surface area contributed by atoms with Crippen molar-refractivity contribution in [1.82, 2.24) is 0 Å². The molecular formula is C6H12Na4O6P2. The summed E-state index contributed by atoms with van der Waals surface area (Å²) in [6.07, 6.45) is 1.21. The van der Waals surface area contributed by atoms with Gasteiger partial charge in [0.05, 0.1) is 0 Å². The minimum atomic E-state index is -5.33. The van der Waals surface area contributed by atoms with Crippen LogP contribution in [0.1, 0.15) is 32.6 Å². The monoisotopic (exact) mass is 334 g/mol. The van der Waals surface area contributed by atoms with Gasteiger partial charge in [-0.3, -0.25) is 0 Å². The van der Waals surface area contributed by atoms with Gasteiger partial charge in [0, 0.05) is 5.40 Å². The Balaban J connectivity index is -0.000000141. The van der Waals surface area contributed by atoms with Gasteiger partial charge < -0.3 is 28.7 Å². The number of unbranched alkanes of at least 4 members (excludes halogenated alkanes) is 2. The Morgan fingerprint density at radius 3 is 1.39 bits per heavy atom. The molecule has 0 N–H and O–H groups in total. The molecule has 86 valence electrons. The molecule has 0 saturated carbocycles. The van der Waals surface area contributed by atoms with Crippen molar-refractivity contribution in [2.75, 3.05) is 0 Å². The largest absolute Gasteiger partial charge is 1.00 e. The molecule has 0 unspecified atom stereocenters. The summed E-state index contributed by atoms with van der Waals surface area (Å²) in [5.74, 6) is 0. The molecule has 0 bridgehead atoms. The van der Waals surface area contributed by atoms with Gasteiger partial charge in [-0.2, -0.15) is 0 Å². The van der Waals surface area contributed by atoms with Gasteiger partial charge in [-0.15, -0.1) is 0 Å². The minimum absolute atomic E-state index is 0. The Morgan fingerprint density at radius 2 is 1.17 bits per heavy atom. The molecule has 0 aliphatic rings. The van der Waals surface area contributed by atoms with Crippen LogP contribution >= 0.6 is 15.2 Å². The van der Waals surface area contributed by atoms with Crippen LogP contribution in [0.5, 0.6) is 0 Å². The van der Waals surface area contributed by atoms with Gasteiger partial charge in [-0.1, -0.05) is 41.4 Å². The van der Waals surface area contributed by atoms with E-state index in [0.717, 1.165) is 6.42 Å². The smallest absolute Gasteiger partial charge is 0.810 e. The van der Waals surface area contributed by atoms with Gasteiger partial charge >= 0.3 is 118 Å². The first-order valence-corrected chi connectivity index (χ1v) is 7.45. The quantitative estimate of drug-likeness (QED) is 0.270. The van der Waals surface area contributed by atoms with Crippen molar-refractivity contribution in [3.8, 4) is 0 Å². The van der Waals surface area contributed by atoms with Crippen molar-refractivity contribution >= 4 is 15.2 Å². The molecular weight excluding hydrogens is 322 g/mol. The molecule has 0 aliphatic carbocycles. The van der Waals surface area contributed by atoms with Crippen LogP contribution in [0.15, 0.2) is 0 Å². The van der Waals surface area contributed by atoms with Gasteiger partial charge in [0.25, 0.3) is 0 Å². The van der Waals surface area contributed by atoms with Crippen LogP contribution in [0, 0.1) is 0 Å². The predicted molar refractivity (Wildman–Crippen MR) is 43.1 cm³/mol. The third-order valence-electron chi connectivity index (χ3n) is 1.80. The molecule has 0 aromatic heterocycles. The molecule has 12 heteroatoms. The van der Waals surface area contributed by atoms with Gasteiger partial charge in [-0.25, -0.2) is 0 Å². The molecule has 0 aliphatic heterocycles. The van der Waals surface area contributed by atoms with Crippen LogP contribution in [0.2, 0.25) is 0 Å². The van der Waals surface area contributed by atoms with E-state index < -0.39 is 20.6 Å².